The van der Waals surface area contributed by atoms with Crippen molar-refractivity contribution in [3.05, 3.63) is 35.4 Å². The Balaban J connectivity index is 2.14. The Hall–Kier alpha value is -1.30. The highest BCUT2D eigenvalue weighted by atomic mass is 32.2. The van der Waals surface area contributed by atoms with E-state index in [4.69, 9.17) is 4.84 Å². The molecule has 1 atom stereocenters. The maximum Gasteiger partial charge on any atom is 0.148 e. The lowest BCUT2D eigenvalue weighted by Gasteiger charge is -2.13. The zero-order valence-electron chi connectivity index (χ0n) is 10.1. The highest BCUT2D eigenvalue weighted by Crippen LogP contribution is 2.25. The zero-order valence-corrected chi connectivity index (χ0v) is 10.9. The van der Waals surface area contributed by atoms with Crippen molar-refractivity contribution in [3.63, 3.8) is 0 Å². The number of oxime groups is 1. The molecule has 1 aromatic carbocycles. The second-order valence-corrected chi connectivity index (χ2v) is 6.15. The second kappa shape index (κ2) is 4.76. The quantitative estimate of drug-likeness (QED) is 0.831. The molecular formula is C12H13F2NO2S. The van der Waals surface area contributed by atoms with Crippen molar-refractivity contribution < 1.29 is 17.8 Å². The summed E-state index contributed by atoms with van der Waals surface area (Å²) in [5.41, 5.74) is -0.679. The number of hydrogen-bond donors (Lipinski definition) is 0. The highest BCUT2D eigenvalue weighted by molar-refractivity contribution is 7.99. The number of halogens is 2. The summed E-state index contributed by atoms with van der Waals surface area (Å²) in [6.07, 6.45) is 0.398. The van der Waals surface area contributed by atoms with E-state index >= 15 is 0 Å². The van der Waals surface area contributed by atoms with Gasteiger partial charge in [0.2, 0.25) is 0 Å². The fraction of sp³-hybridized carbons (Fsp3) is 0.417. The molecule has 0 amide bonds. The molecule has 1 aliphatic rings. The molecule has 0 radical (unpaired) electrons. The van der Waals surface area contributed by atoms with E-state index in [0.29, 0.717) is 11.5 Å². The van der Waals surface area contributed by atoms with Gasteiger partial charge in [-0.15, -0.1) is 0 Å². The lowest BCUT2D eigenvalue weighted by atomic mass is 10.1. The van der Waals surface area contributed by atoms with Crippen LogP contribution in [0.1, 0.15) is 25.8 Å². The van der Waals surface area contributed by atoms with Gasteiger partial charge in [-0.1, -0.05) is 11.2 Å². The Kier molecular flexibility index (Phi) is 3.47. The van der Waals surface area contributed by atoms with Gasteiger partial charge in [0.05, 0.1) is 16.6 Å². The van der Waals surface area contributed by atoms with Gasteiger partial charge in [-0.3, -0.25) is 4.21 Å². The number of hydrogen-bond acceptors (Lipinski definition) is 3. The number of nitrogens with zero attached hydrogens (tertiary/aromatic N) is 1. The third-order valence-corrected chi connectivity index (χ3v) is 3.87. The van der Waals surface area contributed by atoms with Crippen LogP contribution in [0.15, 0.2) is 23.4 Å². The summed E-state index contributed by atoms with van der Waals surface area (Å²) in [4.78, 5) is 5.08. The van der Waals surface area contributed by atoms with Crippen LogP contribution >= 0.6 is 0 Å². The third kappa shape index (κ3) is 2.75. The van der Waals surface area contributed by atoms with Gasteiger partial charge in [-0.2, -0.15) is 0 Å². The molecule has 0 saturated heterocycles. The third-order valence-electron chi connectivity index (χ3n) is 2.57. The molecule has 1 aliphatic heterocycles. The molecule has 1 aromatic rings. The first-order chi connectivity index (χ1) is 8.39. The summed E-state index contributed by atoms with van der Waals surface area (Å²) >= 11 is 0. The van der Waals surface area contributed by atoms with Crippen molar-refractivity contribution in [2.45, 2.75) is 31.6 Å². The minimum absolute atomic E-state index is 0.178. The van der Waals surface area contributed by atoms with Gasteiger partial charge < -0.3 is 4.84 Å². The van der Waals surface area contributed by atoms with Crippen molar-refractivity contribution in [1.82, 2.24) is 0 Å². The molecule has 1 heterocycles. The van der Waals surface area contributed by atoms with E-state index < -0.39 is 28.0 Å². The highest BCUT2D eigenvalue weighted by Gasteiger charge is 2.32. The predicted octanol–water partition coefficient (Wildman–Crippen LogP) is 2.73. The molecule has 0 fully saturated rings. The summed E-state index contributed by atoms with van der Waals surface area (Å²) in [5, 5.41) is 4.05. The average Bonchev–Trinajstić information content (AvgIpc) is 2.64. The zero-order chi connectivity index (χ0) is 13.3. The van der Waals surface area contributed by atoms with E-state index in [1.165, 1.54) is 6.07 Å². The van der Waals surface area contributed by atoms with E-state index in [2.05, 4.69) is 5.16 Å². The SMILES string of the molecule is CC1(C)CC(S(=O)Cc2c(F)cccc2F)=NO1. The van der Waals surface area contributed by atoms with Crippen molar-refractivity contribution in [3.8, 4) is 0 Å². The molecule has 0 aliphatic carbocycles. The van der Waals surface area contributed by atoms with Crippen molar-refractivity contribution in [1.29, 1.82) is 0 Å². The van der Waals surface area contributed by atoms with Crippen molar-refractivity contribution in [2.24, 2.45) is 5.16 Å². The van der Waals surface area contributed by atoms with Crippen LogP contribution < -0.4 is 0 Å². The van der Waals surface area contributed by atoms with E-state index in [9.17, 15) is 13.0 Å². The Morgan fingerprint density at radius 3 is 2.50 bits per heavy atom. The van der Waals surface area contributed by atoms with Gasteiger partial charge in [0, 0.05) is 12.0 Å². The van der Waals surface area contributed by atoms with Crippen LogP contribution in [0.25, 0.3) is 0 Å². The fourth-order valence-corrected chi connectivity index (χ4v) is 2.94. The lowest BCUT2D eigenvalue weighted by Crippen LogP contribution is -2.21. The molecule has 98 valence electrons. The van der Waals surface area contributed by atoms with Crippen molar-refractivity contribution in [2.75, 3.05) is 0 Å². The van der Waals surface area contributed by atoms with E-state index in [1.54, 1.807) is 0 Å². The molecule has 6 heteroatoms. The second-order valence-electron chi connectivity index (χ2n) is 4.70. The molecule has 0 N–H and O–H groups in total. The average molecular weight is 273 g/mol. The van der Waals surface area contributed by atoms with Gasteiger partial charge in [0.15, 0.2) is 0 Å². The standard InChI is InChI=1S/C12H13F2NO2S/c1-12(2)6-11(15-17-12)18(16)7-8-9(13)4-3-5-10(8)14/h3-5H,6-7H2,1-2H3. The maximum absolute atomic E-state index is 13.4. The molecule has 0 saturated carbocycles. The van der Waals surface area contributed by atoms with Gasteiger partial charge in [-0.25, -0.2) is 8.78 Å². The predicted molar refractivity (Wildman–Crippen MR) is 65.4 cm³/mol. The first-order valence-corrected chi connectivity index (χ1v) is 6.77. The molecule has 0 aromatic heterocycles. The minimum Gasteiger partial charge on any atom is -0.389 e. The van der Waals surface area contributed by atoms with Crippen LogP contribution in [0, 0.1) is 11.6 Å². The summed E-state index contributed by atoms with van der Waals surface area (Å²) in [6.45, 7) is 3.62. The molecule has 0 bridgehead atoms. The van der Waals surface area contributed by atoms with E-state index in [1.807, 2.05) is 13.8 Å². The Bertz CT molecular complexity index is 509. The molecule has 1 unspecified atom stereocenters. The summed E-state index contributed by atoms with van der Waals surface area (Å²) in [6, 6.07) is 3.56. The van der Waals surface area contributed by atoms with E-state index in [-0.39, 0.29) is 11.3 Å². The van der Waals surface area contributed by atoms with Gasteiger partial charge in [0.25, 0.3) is 0 Å². The Morgan fingerprint density at radius 1 is 1.39 bits per heavy atom. The number of rotatable bonds is 2. The minimum atomic E-state index is -1.57. The topological polar surface area (TPSA) is 38.7 Å². The van der Waals surface area contributed by atoms with E-state index in [0.717, 1.165) is 12.1 Å². The number of benzene rings is 1. The molecule has 18 heavy (non-hydrogen) atoms. The normalized spacial score (nSPS) is 19.2. The monoisotopic (exact) mass is 273 g/mol. The fourth-order valence-electron chi connectivity index (χ4n) is 1.61. The summed E-state index contributed by atoms with van der Waals surface area (Å²) < 4.78 is 38.8. The van der Waals surface area contributed by atoms with Gasteiger partial charge in [0.1, 0.15) is 22.3 Å². The van der Waals surface area contributed by atoms with Gasteiger partial charge in [-0.05, 0) is 26.0 Å². The molecular weight excluding hydrogens is 260 g/mol. The molecule has 0 spiro atoms. The van der Waals surface area contributed by atoms with Crippen molar-refractivity contribution >= 4 is 15.8 Å². The summed E-state index contributed by atoms with van der Waals surface area (Å²) in [7, 11) is -1.57. The lowest BCUT2D eigenvalue weighted by molar-refractivity contribution is 0.0123. The van der Waals surface area contributed by atoms with Crippen LogP contribution in [-0.2, 0) is 21.4 Å². The maximum atomic E-state index is 13.4. The summed E-state index contributed by atoms with van der Waals surface area (Å²) in [5.74, 6) is -1.61. The largest absolute Gasteiger partial charge is 0.389 e. The molecule has 2 rings (SSSR count). The van der Waals surface area contributed by atoms with Crippen LogP contribution in [0.4, 0.5) is 8.78 Å². The van der Waals surface area contributed by atoms with Crippen LogP contribution in [0.3, 0.4) is 0 Å². The van der Waals surface area contributed by atoms with Crippen LogP contribution in [0.2, 0.25) is 0 Å². The van der Waals surface area contributed by atoms with Crippen LogP contribution in [0.5, 0.6) is 0 Å². The first kappa shape index (κ1) is 13.1. The van der Waals surface area contributed by atoms with Gasteiger partial charge >= 0.3 is 0 Å². The Morgan fingerprint density at radius 2 is 2.00 bits per heavy atom. The molecule has 3 nitrogen and oxygen atoms in total. The van der Waals surface area contributed by atoms with Crippen LogP contribution in [-0.4, -0.2) is 14.9 Å². The smallest absolute Gasteiger partial charge is 0.148 e. The first-order valence-electron chi connectivity index (χ1n) is 5.45. The Labute approximate surface area is 106 Å².